The van der Waals surface area contributed by atoms with Gasteiger partial charge in [-0.25, -0.2) is 0 Å². The number of hydrogen-bond donors (Lipinski definition) is 0. The Hall–Kier alpha value is -2.08. The Morgan fingerprint density at radius 3 is 1.46 bits per heavy atom. The molecular formula is C24H26. The average molecular weight is 314 g/mol. The molecule has 24 heavy (non-hydrogen) atoms. The van der Waals surface area contributed by atoms with Gasteiger partial charge in [-0.3, -0.25) is 0 Å². The van der Waals surface area contributed by atoms with E-state index in [4.69, 9.17) is 0 Å². The van der Waals surface area contributed by atoms with Gasteiger partial charge in [0.2, 0.25) is 0 Å². The van der Waals surface area contributed by atoms with E-state index < -0.39 is 0 Å². The van der Waals surface area contributed by atoms with E-state index >= 15 is 0 Å². The van der Waals surface area contributed by atoms with Gasteiger partial charge < -0.3 is 0 Å². The van der Waals surface area contributed by atoms with Gasteiger partial charge in [-0.2, -0.15) is 0 Å². The summed E-state index contributed by atoms with van der Waals surface area (Å²) in [4.78, 5) is 0. The molecule has 0 spiro atoms. The fraction of sp³-hybridized carbons (Fsp3) is 0.333. The quantitative estimate of drug-likeness (QED) is 0.560. The van der Waals surface area contributed by atoms with E-state index in [-0.39, 0.29) is 0 Å². The van der Waals surface area contributed by atoms with Crippen molar-refractivity contribution in [3.63, 3.8) is 0 Å². The Kier molecular flexibility index (Phi) is 4.14. The lowest BCUT2D eigenvalue weighted by Gasteiger charge is -2.21. The Labute approximate surface area is 145 Å². The summed E-state index contributed by atoms with van der Waals surface area (Å²) >= 11 is 0. The lowest BCUT2D eigenvalue weighted by Crippen LogP contribution is -2.04. The topological polar surface area (TPSA) is 0 Å². The number of hydrogen-bond acceptors (Lipinski definition) is 0. The van der Waals surface area contributed by atoms with Crippen LogP contribution in [0.3, 0.4) is 0 Å². The van der Waals surface area contributed by atoms with Crippen LogP contribution < -0.4 is 0 Å². The molecule has 2 aromatic rings. The van der Waals surface area contributed by atoms with E-state index in [1.165, 1.54) is 24.0 Å². The fourth-order valence-electron chi connectivity index (χ4n) is 4.63. The molecule has 0 amide bonds. The van der Waals surface area contributed by atoms with Crippen LogP contribution in [0.25, 0.3) is 12.2 Å². The lowest BCUT2D eigenvalue weighted by molar-refractivity contribution is 0.596. The molecule has 2 aliphatic rings. The van der Waals surface area contributed by atoms with Gasteiger partial charge in [0, 0.05) is 11.8 Å². The summed E-state index contributed by atoms with van der Waals surface area (Å²) in [5.41, 5.74) is 9.20. The van der Waals surface area contributed by atoms with Crippen LogP contribution in [0, 0.1) is 0 Å². The molecule has 2 aromatic carbocycles. The minimum Gasteiger partial charge on any atom is -0.0624 e. The zero-order chi connectivity index (χ0) is 16.5. The van der Waals surface area contributed by atoms with E-state index in [1.807, 2.05) is 0 Å². The van der Waals surface area contributed by atoms with Crippen molar-refractivity contribution < 1.29 is 0 Å². The highest BCUT2D eigenvalue weighted by Gasteiger charge is 2.28. The molecule has 0 saturated heterocycles. The predicted molar refractivity (Wildman–Crippen MR) is 104 cm³/mol. The van der Waals surface area contributed by atoms with Crippen molar-refractivity contribution in [3.8, 4) is 0 Å². The molecule has 2 aliphatic carbocycles. The minimum atomic E-state index is 0.622. The zero-order valence-corrected chi connectivity index (χ0v) is 14.8. The van der Waals surface area contributed by atoms with E-state index in [2.05, 4.69) is 74.5 Å². The Balaban J connectivity index is 1.57. The molecule has 0 N–H and O–H groups in total. The average Bonchev–Trinajstić information content (AvgIpc) is 3.17. The first-order valence-electron chi connectivity index (χ1n) is 9.40. The van der Waals surface area contributed by atoms with E-state index in [1.54, 1.807) is 22.3 Å². The molecule has 0 aliphatic heterocycles. The van der Waals surface area contributed by atoms with Crippen LogP contribution in [0.2, 0.25) is 0 Å². The van der Waals surface area contributed by atoms with Crippen molar-refractivity contribution in [1.29, 1.82) is 0 Å². The summed E-state index contributed by atoms with van der Waals surface area (Å²) < 4.78 is 0. The second-order valence-electron chi connectivity index (χ2n) is 7.09. The molecular weight excluding hydrogens is 288 g/mol. The van der Waals surface area contributed by atoms with Crippen LogP contribution >= 0.6 is 0 Å². The fourth-order valence-corrected chi connectivity index (χ4v) is 4.63. The molecule has 0 heterocycles. The highest BCUT2D eigenvalue weighted by Crippen LogP contribution is 2.46. The third-order valence-electron chi connectivity index (χ3n) is 5.88. The molecule has 4 rings (SSSR count). The monoisotopic (exact) mass is 314 g/mol. The van der Waals surface area contributed by atoms with Crippen LogP contribution in [0.4, 0.5) is 0 Å². The highest BCUT2D eigenvalue weighted by atomic mass is 14.3. The van der Waals surface area contributed by atoms with Gasteiger partial charge in [0.1, 0.15) is 0 Å². The van der Waals surface area contributed by atoms with Gasteiger partial charge in [0.25, 0.3) is 0 Å². The van der Waals surface area contributed by atoms with E-state index in [0.29, 0.717) is 11.8 Å². The van der Waals surface area contributed by atoms with Crippen LogP contribution in [0.1, 0.15) is 73.6 Å². The summed E-state index contributed by atoms with van der Waals surface area (Å²) in [5, 5.41) is 0. The van der Waals surface area contributed by atoms with Crippen LogP contribution in [0.15, 0.2) is 59.7 Å². The first kappa shape index (κ1) is 15.4. The SMILES string of the molecule is CCC1=Cc2ccccc2C1CCC1C(CC)=Cc2ccccc21. The van der Waals surface area contributed by atoms with Gasteiger partial charge in [0.05, 0.1) is 0 Å². The second kappa shape index (κ2) is 6.43. The standard InChI is InChI=1S/C24H26/c1-3-17-15-19-9-5-7-11-21(19)23(17)13-14-24-18(4-2)16-20-10-6-8-12-22(20)24/h5-12,15-16,23-24H,3-4,13-14H2,1-2H3. The molecule has 122 valence electrons. The smallest absolute Gasteiger partial charge is 0.00576 e. The predicted octanol–water partition coefficient (Wildman–Crippen LogP) is 6.95. The van der Waals surface area contributed by atoms with Gasteiger partial charge >= 0.3 is 0 Å². The summed E-state index contributed by atoms with van der Waals surface area (Å²) in [6, 6.07) is 17.9. The molecule has 0 fully saturated rings. The van der Waals surface area contributed by atoms with Crippen molar-refractivity contribution in [2.24, 2.45) is 0 Å². The van der Waals surface area contributed by atoms with Crippen LogP contribution in [-0.4, -0.2) is 0 Å². The Bertz CT molecular complexity index is 737. The van der Waals surface area contributed by atoms with Gasteiger partial charge in [-0.1, -0.05) is 85.7 Å². The van der Waals surface area contributed by atoms with Gasteiger partial charge in [-0.15, -0.1) is 0 Å². The Morgan fingerprint density at radius 1 is 0.625 bits per heavy atom. The summed E-state index contributed by atoms with van der Waals surface area (Å²) in [6.07, 6.45) is 9.70. The third kappa shape index (κ3) is 2.55. The molecule has 0 heteroatoms. The maximum atomic E-state index is 2.43. The minimum absolute atomic E-state index is 0.622. The maximum Gasteiger partial charge on any atom is 0.00576 e. The summed E-state index contributed by atoms with van der Waals surface area (Å²) in [6.45, 7) is 4.60. The van der Waals surface area contributed by atoms with Crippen molar-refractivity contribution in [3.05, 3.63) is 81.9 Å². The van der Waals surface area contributed by atoms with Crippen molar-refractivity contribution in [2.75, 3.05) is 0 Å². The zero-order valence-electron chi connectivity index (χ0n) is 14.8. The molecule has 0 bridgehead atoms. The van der Waals surface area contributed by atoms with E-state index in [0.717, 1.165) is 12.8 Å². The maximum absolute atomic E-state index is 2.43. The number of rotatable bonds is 5. The normalized spacial score (nSPS) is 21.2. The van der Waals surface area contributed by atoms with Gasteiger partial charge in [-0.05, 0) is 47.9 Å². The van der Waals surface area contributed by atoms with E-state index in [9.17, 15) is 0 Å². The molecule has 0 nitrogen and oxygen atoms in total. The first-order chi connectivity index (χ1) is 11.8. The molecule has 0 saturated carbocycles. The number of allylic oxidation sites excluding steroid dienone is 2. The second-order valence-corrected chi connectivity index (χ2v) is 7.09. The highest BCUT2D eigenvalue weighted by molar-refractivity contribution is 5.67. The van der Waals surface area contributed by atoms with Crippen LogP contribution in [0.5, 0.6) is 0 Å². The number of fused-ring (bicyclic) bond motifs is 2. The van der Waals surface area contributed by atoms with Gasteiger partial charge in [0.15, 0.2) is 0 Å². The largest absolute Gasteiger partial charge is 0.0624 e. The molecule has 0 aromatic heterocycles. The van der Waals surface area contributed by atoms with Crippen molar-refractivity contribution in [2.45, 2.75) is 51.4 Å². The number of benzene rings is 2. The summed E-state index contributed by atoms with van der Waals surface area (Å²) in [7, 11) is 0. The Morgan fingerprint density at radius 2 is 1.04 bits per heavy atom. The third-order valence-corrected chi connectivity index (χ3v) is 5.88. The van der Waals surface area contributed by atoms with Crippen molar-refractivity contribution >= 4 is 12.2 Å². The van der Waals surface area contributed by atoms with Crippen molar-refractivity contribution in [1.82, 2.24) is 0 Å². The molecule has 0 radical (unpaired) electrons. The van der Waals surface area contributed by atoms with Crippen LogP contribution in [-0.2, 0) is 0 Å². The first-order valence-corrected chi connectivity index (χ1v) is 9.40. The summed E-state index contributed by atoms with van der Waals surface area (Å²) in [5.74, 6) is 1.24. The molecule has 2 unspecified atom stereocenters. The lowest BCUT2D eigenvalue weighted by atomic mass is 9.83. The molecule has 2 atom stereocenters.